The molecule has 4 heteroatoms. The summed E-state index contributed by atoms with van der Waals surface area (Å²) < 4.78 is 23.9. The minimum Gasteiger partial charge on any atom is -0.284 e. The fraction of sp³-hybridized carbons (Fsp3) is 0.333. The van der Waals surface area contributed by atoms with Crippen LogP contribution in [0.3, 0.4) is 0 Å². The predicted octanol–water partition coefficient (Wildman–Crippen LogP) is 1.57. The monoisotopic (exact) mass is 201 g/mol. The number of hydrogen-bond donors (Lipinski definition) is 1. The molecular weight excluding hydrogens is 186 g/mol. The summed E-state index contributed by atoms with van der Waals surface area (Å²) in [5, 5.41) is 0. The van der Waals surface area contributed by atoms with Crippen LogP contribution in [0.5, 0.6) is 0 Å². The highest BCUT2D eigenvalue weighted by Gasteiger charge is 2.02. The number of allylic oxidation sites excluding steroid dienone is 4. The van der Waals surface area contributed by atoms with Crippen molar-refractivity contribution in [2.75, 3.05) is 6.26 Å². The van der Waals surface area contributed by atoms with Crippen molar-refractivity contribution in [2.45, 2.75) is 13.8 Å². The van der Waals surface area contributed by atoms with E-state index in [2.05, 4.69) is 11.3 Å². The van der Waals surface area contributed by atoms with Crippen molar-refractivity contribution in [3.8, 4) is 0 Å². The van der Waals surface area contributed by atoms with Gasteiger partial charge >= 0.3 is 0 Å². The molecule has 0 rings (SSSR count). The second kappa shape index (κ2) is 4.87. The van der Waals surface area contributed by atoms with Crippen LogP contribution in [0.2, 0.25) is 0 Å². The molecule has 74 valence electrons. The van der Waals surface area contributed by atoms with Crippen LogP contribution >= 0.6 is 0 Å². The Balaban J connectivity index is 4.46. The molecule has 0 aromatic rings. The van der Waals surface area contributed by atoms with E-state index in [1.807, 2.05) is 19.1 Å². The molecule has 0 aromatic carbocycles. The molecular formula is C9H15NO2S. The van der Waals surface area contributed by atoms with Crippen molar-refractivity contribution in [3.05, 3.63) is 36.1 Å². The van der Waals surface area contributed by atoms with Gasteiger partial charge in [-0.3, -0.25) is 4.72 Å². The minimum absolute atomic E-state index is 0.403. The number of hydrogen-bond acceptors (Lipinski definition) is 2. The maximum atomic E-state index is 10.8. The van der Waals surface area contributed by atoms with Crippen molar-refractivity contribution in [1.82, 2.24) is 4.72 Å². The van der Waals surface area contributed by atoms with Crippen LogP contribution in [-0.2, 0) is 10.0 Å². The molecule has 0 aliphatic heterocycles. The van der Waals surface area contributed by atoms with E-state index < -0.39 is 10.0 Å². The van der Waals surface area contributed by atoms with Crippen LogP contribution in [0.15, 0.2) is 36.1 Å². The summed E-state index contributed by atoms with van der Waals surface area (Å²) in [6.45, 7) is 7.28. The summed E-state index contributed by atoms with van der Waals surface area (Å²) in [6.07, 6.45) is 6.57. The van der Waals surface area contributed by atoms with Gasteiger partial charge in [0.1, 0.15) is 0 Å². The Morgan fingerprint density at radius 2 is 2.00 bits per heavy atom. The molecule has 0 unspecified atom stereocenters. The zero-order valence-electron chi connectivity index (χ0n) is 8.16. The molecule has 0 amide bonds. The highest BCUT2D eigenvalue weighted by molar-refractivity contribution is 7.88. The normalized spacial score (nSPS) is 13.3. The van der Waals surface area contributed by atoms with Crippen molar-refractivity contribution < 1.29 is 8.42 Å². The second-order valence-corrected chi connectivity index (χ2v) is 4.48. The molecule has 0 fully saturated rings. The van der Waals surface area contributed by atoms with Gasteiger partial charge in [0.2, 0.25) is 10.0 Å². The SMILES string of the molecule is C=C(NS(C)(=O)=O)/C(C)=C\C=C/C. The number of rotatable bonds is 4. The van der Waals surface area contributed by atoms with Crippen LogP contribution < -0.4 is 4.72 Å². The Labute approximate surface area is 79.9 Å². The molecule has 0 spiro atoms. The first kappa shape index (κ1) is 12.0. The van der Waals surface area contributed by atoms with Crippen LogP contribution in [0.25, 0.3) is 0 Å². The third-order valence-corrected chi connectivity index (χ3v) is 1.94. The first-order valence-electron chi connectivity index (χ1n) is 3.83. The van der Waals surface area contributed by atoms with Gasteiger partial charge in [0.25, 0.3) is 0 Å². The van der Waals surface area contributed by atoms with Crippen LogP contribution in [0, 0.1) is 0 Å². The highest BCUT2D eigenvalue weighted by Crippen LogP contribution is 2.04. The van der Waals surface area contributed by atoms with Gasteiger partial charge in [0.15, 0.2) is 0 Å². The molecule has 1 N–H and O–H groups in total. The smallest absolute Gasteiger partial charge is 0.229 e. The third kappa shape index (κ3) is 6.16. The van der Waals surface area contributed by atoms with Gasteiger partial charge < -0.3 is 0 Å². The van der Waals surface area contributed by atoms with Crippen molar-refractivity contribution in [2.24, 2.45) is 0 Å². The lowest BCUT2D eigenvalue weighted by atomic mass is 10.2. The standard InChI is InChI=1S/C9H15NO2S/c1-5-6-7-8(2)9(3)10-13(4,11)12/h5-7,10H,3H2,1-2,4H3/b6-5-,8-7-. The summed E-state index contributed by atoms with van der Waals surface area (Å²) in [7, 11) is -3.21. The summed E-state index contributed by atoms with van der Waals surface area (Å²) in [5.74, 6) is 0. The molecule has 0 aliphatic rings. The molecule has 0 saturated heterocycles. The topological polar surface area (TPSA) is 46.2 Å². The first-order chi connectivity index (χ1) is 5.87. The zero-order chi connectivity index (χ0) is 10.5. The van der Waals surface area contributed by atoms with E-state index in [1.54, 1.807) is 13.0 Å². The highest BCUT2D eigenvalue weighted by atomic mass is 32.2. The molecule has 0 atom stereocenters. The van der Waals surface area contributed by atoms with Gasteiger partial charge in [-0.25, -0.2) is 8.42 Å². The molecule has 0 heterocycles. The third-order valence-electron chi connectivity index (χ3n) is 1.32. The Bertz CT molecular complexity index is 337. The molecule has 3 nitrogen and oxygen atoms in total. The minimum atomic E-state index is -3.21. The van der Waals surface area contributed by atoms with E-state index >= 15 is 0 Å². The second-order valence-electron chi connectivity index (χ2n) is 2.73. The van der Waals surface area contributed by atoms with E-state index in [0.717, 1.165) is 11.8 Å². The van der Waals surface area contributed by atoms with Crippen molar-refractivity contribution >= 4 is 10.0 Å². The fourth-order valence-corrected chi connectivity index (χ4v) is 1.25. The largest absolute Gasteiger partial charge is 0.284 e. The number of sulfonamides is 1. The van der Waals surface area contributed by atoms with Crippen LogP contribution in [-0.4, -0.2) is 14.7 Å². The summed E-state index contributed by atoms with van der Waals surface area (Å²) in [6, 6.07) is 0. The lowest BCUT2D eigenvalue weighted by Gasteiger charge is -2.06. The molecule has 0 saturated carbocycles. The van der Waals surface area contributed by atoms with Crippen molar-refractivity contribution in [1.29, 1.82) is 0 Å². The van der Waals surface area contributed by atoms with Gasteiger partial charge in [-0.1, -0.05) is 24.8 Å². The van der Waals surface area contributed by atoms with Gasteiger partial charge in [-0.05, 0) is 19.4 Å². The predicted molar refractivity (Wildman–Crippen MR) is 55.7 cm³/mol. The van der Waals surface area contributed by atoms with E-state index in [9.17, 15) is 8.42 Å². The van der Waals surface area contributed by atoms with E-state index in [0.29, 0.717) is 5.70 Å². The fourth-order valence-electron chi connectivity index (χ4n) is 0.645. The quantitative estimate of drug-likeness (QED) is 0.702. The maximum absolute atomic E-state index is 10.8. The lowest BCUT2D eigenvalue weighted by Crippen LogP contribution is -2.21. The van der Waals surface area contributed by atoms with Crippen molar-refractivity contribution in [3.63, 3.8) is 0 Å². The zero-order valence-corrected chi connectivity index (χ0v) is 8.98. The maximum Gasteiger partial charge on any atom is 0.229 e. The molecule has 0 bridgehead atoms. The lowest BCUT2D eigenvalue weighted by molar-refractivity contribution is 0.595. The Hall–Kier alpha value is -1.03. The summed E-state index contributed by atoms with van der Waals surface area (Å²) >= 11 is 0. The molecule has 0 aliphatic carbocycles. The molecule has 0 radical (unpaired) electrons. The Morgan fingerprint density at radius 1 is 1.46 bits per heavy atom. The van der Waals surface area contributed by atoms with Crippen LogP contribution in [0.1, 0.15) is 13.8 Å². The van der Waals surface area contributed by atoms with E-state index in [1.165, 1.54) is 0 Å². The van der Waals surface area contributed by atoms with Gasteiger partial charge in [0.05, 0.1) is 6.26 Å². The summed E-state index contributed by atoms with van der Waals surface area (Å²) in [4.78, 5) is 0. The van der Waals surface area contributed by atoms with Crippen LogP contribution in [0.4, 0.5) is 0 Å². The first-order valence-corrected chi connectivity index (χ1v) is 5.72. The van der Waals surface area contributed by atoms with E-state index in [-0.39, 0.29) is 0 Å². The summed E-state index contributed by atoms with van der Waals surface area (Å²) in [5.41, 5.74) is 1.20. The molecule has 13 heavy (non-hydrogen) atoms. The van der Waals surface area contributed by atoms with Gasteiger partial charge in [-0.15, -0.1) is 0 Å². The van der Waals surface area contributed by atoms with Gasteiger partial charge in [0, 0.05) is 5.70 Å². The average Bonchev–Trinajstić information content (AvgIpc) is 1.96. The molecule has 0 aromatic heterocycles. The Morgan fingerprint density at radius 3 is 2.38 bits per heavy atom. The Kier molecular flexibility index (Phi) is 4.48. The number of nitrogens with one attached hydrogen (secondary N) is 1. The van der Waals surface area contributed by atoms with Gasteiger partial charge in [-0.2, -0.15) is 0 Å². The van der Waals surface area contributed by atoms with E-state index in [4.69, 9.17) is 0 Å². The average molecular weight is 201 g/mol.